The molecule has 0 radical (unpaired) electrons. The van der Waals surface area contributed by atoms with Crippen molar-refractivity contribution in [2.45, 2.75) is 0 Å². The van der Waals surface area contributed by atoms with Crippen LogP contribution >= 0.6 is 11.6 Å². The van der Waals surface area contributed by atoms with Gasteiger partial charge in [0.25, 0.3) is 0 Å². The summed E-state index contributed by atoms with van der Waals surface area (Å²) in [5.41, 5.74) is 2.07. The lowest BCUT2D eigenvalue weighted by Gasteiger charge is -2.27. The molecule has 4 heteroatoms. The predicted molar refractivity (Wildman–Crippen MR) is 71.7 cm³/mol. The van der Waals surface area contributed by atoms with Crippen LogP contribution in [0.1, 0.15) is 5.56 Å². The van der Waals surface area contributed by atoms with Crippen LogP contribution in [0.3, 0.4) is 0 Å². The third-order valence-corrected chi connectivity index (χ3v) is 3.09. The van der Waals surface area contributed by atoms with E-state index in [-0.39, 0.29) is 5.82 Å². The number of aromatic nitrogens is 1. The number of fused-ring (bicyclic) bond motifs is 1. The molecule has 0 unspecified atom stereocenters. The number of pyridine rings is 1. The topological polar surface area (TPSA) is 16.1 Å². The van der Waals surface area contributed by atoms with Crippen LogP contribution in [0, 0.1) is 5.82 Å². The summed E-state index contributed by atoms with van der Waals surface area (Å²) in [6, 6.07) is 8.79. The normalized spacial score (nSPS) is 13.6. The SMILES string of the molecule is Fc1ccc(N2CC=Cc3cc(Cl)ccc32)nc1. The van der Waals surface area contributed by atoms with Crippen molar-refractivity contribution in [3.05, 3.63) is 59.0 Å². The molecule has 2 nitrogen and oxygen atoms in total. The van der Waals surface area contributed by atoms with E-state index in [0.717, 1.165) is 17.1 Å². The quantitative estimate of drug-likeness (QED) is 0.769. The van der Waals surface area contributed by atoms with Crippen molar-refractivity contribution in [1.29, 1.82) is 0 Å². The average molecular weight is 261 g/mol. The van der Waals surface area contributed by atoms with Gasteiger partial charge in [0.15, 0.2) is 0 Å². The molecule has 1 aliphatic heterocycles. The third kappa shape index (κ3) is 1.97. The Morgan fingerprint density at radius 1 is 1.22 bits per heavy atom. The minimum atomic E-state index is -0.331. The molecule has 0 bridgehead atoms. The van der Waals surface area contributed by atoms with Crippen LogP contribution in [0.15, 0.2) is 42.6 Å². The fourth-order valence-electron chi connectivity index (χ4n) is 2.03. The van der Waals surface area contributed by atoms with Crippen molar-refractivity contribution in [1.82, 2.24) is 4.98 Å². The highest BCUT2D eigenvalue weighted by Gasteiger charge is 2.15. The molecule has 18 heavy (non-hydrogen) atoms. The van der Waals surface area contributed by atoms with Gasteiger partial charge < -0.3 is 4.90 Å². The highest BCUT2D eigenvalue weighted by atomic mass is 35.5. The van der Waals surface area contributed by atoms with E-state index in [2.05, 4.69) is 4.98 Å². The van der Waals surface area contributed by atoms with Crippen LogP contribution in [-0.4, -0.2) is 11.5 Å². The molecule has 0 spiro atoms. The molecule has 1 aromatic heterocycles. The largest absolute Gasteiger partial charge is 0.322 e. The number of benzene rings is 1. The number of hydrogen-bond acceptors (Lipinski definition) is 2. The first kappa shape index (κ1) is 11.2. The summed E-state index contributed by atoms with van der Waals surface area (Å²) in [5.74, 6) is 0.395. The van der Waals surface area contributed by atoms with Crippen molar-refractivity contribution < 1.29 is 4.39 Å². The van der Waals surface area contributed by atoms with Crippen molar-refractivity contribution in [3.63, 3.8) is 0 Å². The summed E-state index contributed by atoms with van der Waals surface area (Å²) < 4.78 is 12.9. The van der Waals surface area contributed by atoms with Gasteiger partial charge in [0.1, 0.15) is 11.6 Å². The Hall–Kier alpha value is -1.87. The second-order valence-electron chi connectivity index (χ2n) is 4.05. The molecule has 0 amide bonds. The van der Waals surface area contributed by atoms with E-state index in [1.54, 1.807) is 6.07 Å². The van der Waals surface area contributed by atoms with Gasteiger partial charge in [-0.1, -0.05) is 23.8 Å². The van der Waals surface area contributed by atoms with Crippen LogP contribution in [0.25, 0.3) is 6.08 Å². The molecule has 0 fully saturated rings. The summed E-state index contributed by atoms with van der Waals surface area (Å²) in [6.45, 7) is 0.716. The van der Waals surface area contributed by atoms with E-state index in [0.29, 0.717) is 11.6 Å². The second-order valence-corrected chi connectivity index (χ2v) is 4.49. The molecule has 1 aliphatic rings. The lowest BCUT2D eigenvalue weighted by molar-refractivity contribution is 0.621. The molecule has 0 saturated heterocycles. The zero-order chi connectivity index (χ0) is 12.5. The zero-order valence-corrected chi connectivity index (χ0v) is 10.2. The van der Waals surface area contributed by atoms with Gasteiger partial charge in [-0.15, -0.1) is 0 Å². The van der Waals surface area contributed by atoms with E-state index in [1.165, 1.54) is 12.3 Å². The Morgan fingerprint density at radius 3 is 2.89 bits per heavy atom. The molecule has 0 aliphatic carbocycles. The van der Waals surface area contributed by atoms with Crippen LogP contribution in [-0.2, 0) is 0 Å². The number of halogens is 2. The summed E-state index contributed by atoms with van der Waals surface area (Å²) in [6.07, 6.45) is 5.29. The molecule has 0 N–H and O–H groups in total. The molecule has 3 rings (SSSR count). The molecule has 1 aromatic carbocycles. The van der Waals surface area contributed by atoms with Crippen LogP contribution in [0.5, 0.6) is 0 Å². The van der Waals surface area contributed by atoms with Gasteiger partial charge in [-0.05, 0) is 35.9 Å². The van der Waals surface area contributed by atoms with Gasteiger partial charge in [0.05, 0.1) is 11.9 Å². The van der Waals surface area contributed by atoms with Crippen molar-refractivity contribution >= 4 is 29.2 Å². The first-order valence-corrected chi connectivity index (χ1v) is 5.97. The molecule has 2 aromatic rings. The molecular weight excluding hydrogens is 251 g/mol. The first-order valence-electron chi connectivity index (χ1n) is 5.59. The van der Waals surface area contributed by atoms with Crippen molar-refractivity contribution in [3.8, 4) is 0 Å². The predicted octanol–water partition coefficient (Wildman–Crippen LogP) is 4.04. The highest BCUT2D eigenvalue weighted by molar-refractivity contribution is 6.30. The Balaban J connectivity index is 2.06. The van der Waals surface area contributed by atoms with Crippen molar-refractivity contribution in [2.75, 3.05) is 11.4 Å². The summed E-state index contributed by atoms with van der Waals surface area (Å²) in [7, 11) is 0. The number of anilines is 2. The smallest absolute Gasteiger partial charge is 0.141 e. The van der Waals surface area contributed by atoms with Gasteiger partial charge in [0, 0.05) is 11.6 Å². The van der Waals surface area contributed by atoms with Gasteiger partial charge in [-0.3, -0.25) is 0 Å². The summed E-state index contributed by atoms with van der Waals surface area (Å²) >= 11 is 5.97. The maximum atomic E-state index is 12.9. The fourth-order valence-corrected chi connectivity index (χ4v) is 2.21. The molecule has 0 saturated carbocycles. The zero-order valence-electron chi connectivity index (χ0n) is 9.48. The van der Waals surface area contributed by atoms with Crippen LogP contribution in [0.2, 0.25) is 5.02 Å². The lowest BCUT2D eigenvalue weighted by Crippen LogP contribution is -2.21. The van der Waals surface area contributed by atoms with E-state index in [1.807, 2.05) is 35.3 Å². The van der Waals surface area contributed by atoms with Crippen LogP contribution < -0.4 is 4.90 Å². The number of nitrogens with zero attached hydrogens (tertiary/aromatic N) is 2. The Labute approximate surface area is 109 Å². The standard InChI is InChI=1S/C14H10ClFN2/c15-11-3-5-13-10(8-11)2-1-7-18(13)14-6-4-12(16)9-17-14/h1-6,8-9H,7H2. The highest BCUT2D eigenvalue weighted by Crippen LogP contribution is 2.32. The summed E-state index contributed by atoms with van der Waals surface area (Å²) in [4.78, 5) is 6.13. The van der Waals surface area contributed by atoms with Crippen LogP contribution in [0.4, 0.5) is 15.9 Å². The van der Waals surface area contributed by atoms with E-state index < -0.39 is 0 Å². The van der Waals surface area contributed by atoms with E-state index in [4.69, 9.17) is 11.6 Å². The molecule has 0 atom stereocenters. The fraction of sp³-hybridized carbons (Fsp3) is 0.0714. The Bertz CT molecular complexity index is 608. The molecule has 2 heterocycles. The first-order chi connectivity index (χ1) is 8.74. The third-order valence-electron chi connectivity index (χ3n) is 2.85. The average Bonchev–Trinajstić information content (AvgIpc) is 2.38. The number of rotatable bonds is 1. The van der Waals surface area contributed by atoms with Gasteiger partial charge in [-0.2, -0.15) is 0 Å². The second kappa shape index (κ2) is 4.42. The maximum absolute atomic E-state index is 12.9. The molecular formula is C14H10ClFN2. The van der Waals surface area contributed by atoms with Gasteiger partial charge >= 0.3 is 0 Å². The maximum Gasteiger partial charge on any atom is 0.141 e. The van der Waals surface area contributed by atoms with E-state index >= 15 is 0 Å². The minimum Gasteiger partial charge on any atom is -0.322 e. The lowest BCUT2D eigenvalue weighted by atomic mass is 10.1. The van der Waals surface area contributed by atoms with Gasteiger partial charge in [0.2, 0.25) is 0 Å². The molecule has 90 valence electrons. The van der Waals surface area contributed by atoms with Gasteiger partial charge in [-0.25, -0.2) is 9.37 Å². The minimum absolute atomic E-state index is 0.331. The van der Waals surface area contributed by atoms with Crippen molar-refractivity contribution in [2.24, 2.45) is 0 Å². The Morgan fingerprint density at radius 2 is 2.11 bits per heavy atom. The van der Waals surface area contributed by atoms with E-state index in [9.17, 15) is 4.39 Å². The Kier molecular flexibility index (Phi) is 2.76. The summed E-state index contributed by atoms with van der Waals surface area (Å²) in [5, 5.41) is 0.701. The number of hydrogen-bond donors (Lipinski definition) is 0. The monoisotopic (exact) mass is 260 g/mol.